The zero-order valence-electron chi connectivity index (χ0n) is 9.98. The summed E-state index contributed by atoms with van der Waals surface area (Å²) in [5, 5.41) is 3.61. The number of hydrogen-bond acceptors (Lipinski definition) is 1. The van der Waals surface area contributed by atoms with Gasteiger partial charge in [-0.3, -0.25) is 4.79 Å². The summed E-state index contributed by atoms with van der Waals surface area (Å²) in [5.74, 6) is -0.539. The summed E-state index contributed by atoms with van der Waals surface area (Å²) in [4.78, 5) is 15.2. The fourth-order valence-corrected chi connectivity index (χ4v) is 2.02. The molecule has 2 N–H and O–H groups in total. The Morgan fingerprint density at radius 2 is 1.84 bits per heavy atom. The molecule has 3 aromatic rings. The number of aromatic nitrogens is 1. The van der Waals surface area contributed by atoms with Crippen molar-refractivity contribution in [2.75, 3.05) is 5.32 Å². The molecule has 19 heavy (non-hydrogen) atoms. The second-order valence-corrected chi connectivity index (χ2v) is 4.21. The molecule has 0 aliphatic heterocycles. The van der Waals surface area contributed by atoms with Gasteiger partial charge in [0.15, 0.2) is 0 Å². The maximum absolute atomic E-state index is 12.8. The van der Waals surface area contributed by atoms with Gasteiger partial charge >= 0.3 is 0 Å². The van der Waals surface area contributed by atoms with E-state index in [9.17, 15) is 9.18 Å². The number of benzene rings is 2. The van der Waals surface area contributed by atoms with Crippen LogP contribution in [0.2, 0.25) is 0 Å². The topological polar surface area (TPSA) is 44.9 Å². The first-order valence-electron chi connectivity index (χ1n) is 5.87. The Hall–Kier alpha value is -2.62. The van der Waals surface area contributed by atoms with Crippen LogP contribution in [0.4, 0.5) is 10.1 Å². The van der Waals surface area contributed by atoms with E-state index in [2.05, 4.69) is 10.3 Å². The van der Waals surface area contributed by atoms with E-state index in [-0.39, 0.29) is 11.7 Å². The number of amides is 1. The first-order valence-corrected chi connectivity index (χ1v) is 5.87. The number of halogens is 1. The molecule has 0 bridgehead atoms. The molecule has 0 aliphatic carbocycles. The predicted octanol–water partition coefficient (Wildman–Crippen LogP) is 3.56. The number of carbonyl (C=O) groups is 1. The van der Waals surface area contributed by atoms with Gasteiger partial charge in [-0.2, -0.15) is 0 Å². The lowest BCUT2D eigenvalue weighted by Crippen LogP contribution is -2.12. The normalized spacial score (nSPS) is 10.6. The standard InChI is InChI=1S/C15H11FN2O/c16-10-4-6-11(7-5-10)18-15(19)13-2-1-3-14-12(13)8-9-17-14/h1-9,17H,(H,18,19). The van der Waals surface area contributed by atoms with Gasteiger partial charge in [0.2, 0.25) is 0 Å². The number of nitrogens with one attached hydrogen (secondary N) is 2. The van der Waals surface area contributed by atoms with Crippen LogP contribution in [0, 0.1) is 5.82 Å². The molecule has 0 aliphatic rings. The van der Waals surface area contributed by atoms with E-state index in [1.807, 2.05) is 18.2 Å². The molecule has 0 radical (unpaired) electrons. The Kier molecular flexibility index (Phi) is 2.76. The molecule has 0 saturated carbocycles. The van der Waals surface area contributed by atoms with Crippen LogP contribution in [0.1, 0.15) is 10.4 Å². The smallest absolute Gasteiger partial charge is 0.256 e. The summed E-state index contributed by atoms with van der Waals surface area (Å²) in [5.41, 5.74) is 2.06. The quantitative estimate of drug-likeness (QED) is 0.721. The summed E-state index contributed by atoms with van der Waals surface area (Å²) < 4.78 is 12.8. The average Bonchev–Trinajstić information content (AvgIpc) is 2.89. The van der Waals surface area contributed by atoms with E-state index in [1.165, 1.54) is 24.3 Å². The fourth-order valence-electron chi connectivity index (χ4n) is 2.02. The molecule has 0 fully saturated rings. The van der Waals surface area contributed by atoms with E-state index >= 15 is 0 Å². The van der Waals surface area contributed by atoms with Gasteiger partial charge in [0.25, 0.3) is 5.91 Å². The van der Waals surface area contributed by atoms with Crippen molar-refractivity contribution >= 4 is 22.5 Å². The first kappa shape index (κ1) is 11.5. The number of carbonyl (C=O) groups excluding carboxylic acids is 1. The molecule has 0 atom stereocenters. The monoisotopic (exact) mass is 254 g/mol. The fraction of sp³-hybridized carbons (Fsp3) is 0. The minimum Gasteiger partial charge on any atom is -0.361 e. The SMILES string of the molecule is O=C(Nc1ccc(F)cc1)c1cccc2[nH]ccc12. The minimum absolute atomic E-state index is 0.211. The van der Waals surface area contributed by atoms with E-state index < -0.39 is 0 Å². The highest BCUT2D eigenvalue weighted by atomic mass is 19.1. The first-order chi connectivity index (χ1) is 9.24. The van der Waals surface area contributed by atoms with Crippen molar-refractivity contribution in [3.63, 3.8) is 0 Å². The van der Waals surface area contributed by atoms with E-state index in [0.29, 0.717) is 11.3 Å². The zero-order chi connectivity index (χ0) is 13.2. The van der Waals surface area contributed by atoms with Crippen LogP contribution in [0.3, 0.4) is 0 Å². The maximum Gasteiger partial charge on any atom is 0.256 e. The third-order valence-corrected chi connectivity index (χ3v) is 2.94. The second-order valence-electron chi connectivity index (χ2n) is 4.21. The van der Waals surface area contributed by atoms with E-state index in [1.54, 1.807) is 12.3 Å². The van der Waals surface area contributed by atoms with Crippen LogP contribution in [0.5, 0.6) is 0 Å². The highest BCUT2D eigenvalue weighted by Gasteiger charge is 2.10. The van der Waals surface area contributed by atoms with Crippen LogP contribution in [-0.4, -0.2) is 10.9 Å². The summed E-state index contributed by atoms with van der Waals surface area (Å²) in [6.07, 6.45) is 1.79. The van der Waals surface area contributed by atoms with Gasteiger partial charge in [-0.15, -0.1) is 0 Å². The molecular formula is C15H11FN2O. The van der Waals surface area contributed by atoms with Crippen LogP contribution in [0.15, 0.2) is 54.7 Å². The molecule has 4 heteroatoms. The third-order valence-electron chi connectivity index (χ3n) is 2.94. The molecule has 2 aromatic carbocycles. The molecular weight excluding hydrogens is 243 g/mol. The molecule has 1 aromatic heterocycles. The van der Waals surface area contributed by atoms with Gasteiger partial charge in [0.1, 0.15) is 5.82 Å². The number of rotatable bonds is 2. The van der Waals surface area contributed by atoms with Crippen molar-refractivity contribution < 1.29 is 9.18 Å². The third kappa shape index (κ3) is 2.20. The average molecular weight is 254 g/mol. The van der Waals surface area contributed by atoms with Crippen molar-refractivity contribution in [1.82, 2.24) is 4.98 Å². The number of fused-ring (bicyclic) bond motifs is 1. The Labute approximate surface area is 109 Å². The number of anilines is 1. The Morgan fingerprint density at radius 3 is 2.63 bits per heavy atom. The van der Waals surface area contributed by atoms with Gasteiger partial charge < -0.3 is 10.3 Å². The molecule has 1 heterocycles. The van der Waals surface area contributed by atoms with Crippen molar-refractivity contribution in [2.45, 2.75) is 0 Å². The summed E-state index contributed by atoms with van der Waals surface area (Å²) in [6.45, 7) is 0. The second kappa shape index (κ2) is 4.57. The van der Waals surface area contributed by atoms with E-state index in [4.69, 9.17) is 0 Å². The Morgan fingerprint density at radius 1 is 1.05 bits per heavy atom. The van der Waals surface area contributed by atoms with Crippen LogP contribution >= 0.6 is 0 Å². The highest BCUT2D eigenvalue weighted by molar-refractivity contribution is 6.12. The molecule has 3 nitrogen and oxygen atoms in total. The van der Waals surface area contributed by atoms with Gasteiger partial charge in [-0.05, 0) is 42.5 Å². The summed E-state index contributed by atoms with van der Waals surface area (Å²) in [6, 6.07) is 13.0. The molecule has 3 rings (SSSR count). The molecule has 0 saturated heterocycles. The van der Waals surface area contributed by atoms with Gasteiger partial charge in [0.05, 0.1) is 0 Å². The van der Waals surface area contributed by atoms with Gasteiger partial charge in [-0.1, -0.05) is 6.07 Å². The molecule has 1 amide bonds. The predicted molar refractivity (Wildman–Crippen MR) is 72.7 cm³/mol. The molecule has 0 unspecified atom stereocenters. The largest absolute Gasteiger partial charge is 0.361 e. The maximum atomic E-state index is 12.8. The van der Waals surface area contributed by atoms with Gasteiger partial charge in [-0.25, -0.2) is 4.39 Å². The van der Waals surface area contributed by atoms with Crippen molar-refractivity contribution in [2.24, 2.45) is 0 Å². The summed E-state index contributed by atoms with van der Waals surface area (Å²) >= 11 is 0. The lowest BCUT2D eigenvalue weighted by atomic mass is 10.1. The lowest BCUT2D eigenvalue weighted by Gasteiger charge is -2.06. The number of hydrogen-bond donors (Lipinski definition) is 2. The Balaban J connectivity index is 1.92. The van der Waals surface area contributed by atoms with Crippen molar-refractivity contribution in [3.05, 3.63) is 66.1 Å². The van der Waals surface area contributed by atoms with Crippen molar-refractivity contribution in [1.29, 1.82) is 0 Å². The Bertz CT molecular complexity index is 731. The van der Waals surface area contributed by atoms with Crippen LogP contribution in [0.25, 0.3) is 10.9 Å². The number of H-pyrrole nitrogens is 1. The van der Waals surface area contributed by atoms with Crippen LogP contribution in [-0.2, 0) is 0 Å². The summed E-state index contributed by atoms with van der Waals surface area (Å²) in [7, 11) is 0. The van der Waals surface area contributed by atoms with Gasteiger partial charge in [0, 0.05) is 28.4 Å². The minimum atomic E-state index is -0.328. The number of aromatic amines is 1. The zero-order valence-corrected chi connectivity index (χ0v) is 9.98. The van der Waals surface area contributed by atoms with Crippen molar-refractivity contribution in [3.8, 4) is 0 Å². The van der Waals surface area contributed by atoms with Crippen LogP contribution < -0.4 is 5.32 Å². The van der Waals surface area contributed by atoms with E-state index in [0.717, 1.165) is 10.9 Å². The lowest BCUT2D eigenvalue weighted by molar-refractivity contribution is 0.102. The molecule has 0 spiro atoms. The molecule has 94 valence electrons. The highest BCUT2D eigenvalue weighted by Crippen LogP contribution is 2.19.